The maximum Gasteiger partial charge on any atom is 0.254 e. The molecule has 0 saturated carbocycles. The lowest BCUT2D eigenvalue weighted by atomic mass is 9.77. The molecule has 1 unspecified atom stereocenters. The fourth-order valence-electron chi connectivity index (χ4n) is 5.04. The maximum atomic E-state index is 12.8. The van der Waals surface area contributed by atoms with E-state index in [9.17, 15) is 4.79 Å². The normalized spacial score (nSPS) is 21.0. The Morgan fingerprint density at radius 3 is 2.83 bits per heavy atom. The Labute approximate surface area is 176 Å². The summed E-state index contributed by atoms with van der Waals surface area (Å²) in [5.74, 6) is 1.50. The topological polar surface area (TPSA) is 71.1 Å². The molecule has 3 heterocycles. The molecule has 5 rings (SSSR count). The van der Waals surface area contributed by atoms with Crippen LogP contribution in [0, 0.1) is 0 Å². The van der Waals surface area contributed by atoms with Gasteiger partial charge in [0, 0.05) is 42.0 Å². The van der Waals surface area contributed by atoms with Crippen LogP contribution < -0.4 is 10.3 Å². The first-order chi connectivity index (χ1) is 14.7. The minimum Gasteiger partial charge on any atom is -0.497 e. The number of likely N-dealkylation sites (tertiary alicyclic amines) is 1. The van der Waals surface area contributed by atoms with Crippen molar-refractivity contribution in [3.8, 4) is 17.1 Å². The molecular weight excluding hydrogens is 376 g/mol. The monoisotopic (exact) mass is 402 g/mol. The van der Waals surface area contributed by atoms with E-state index in [-0.39, 0.29) is 11.0 Å². The highest BCUT2D eigenvalue weighted by molar-refractivity contribution is 5.54. The molecule has 1 fully saturated rings. The van der Waals surface area contributed by atoms with Gasteiger partial charge in [0.1, 0.15) is 11.6 Å². The van der Waals surface area contributed by atoms with Crippen LogP contribution in [-0.2, 0) is 18.4 Å². The van der Waals surface area contributed by atoms with Crippen LogP contribution in [0.5, 0.6) is 5.75 Å². The van der Waals surface area contributed by atoms with Crippen molar-refractivity contribution < 1.29 is 4.74 Å². The Hall–Kier alpha value is -2.99. The van der Waals surface area contributed by atoms with E-state index in [0.29, 0.717) is 5.82 Å². The van der Waals surface area contributed by atoms with Crippen molar-refractivity contribution in [2.24, 2.45) is 0 Å². The largest absolute Gasteiger partial charge is 0.497 e. The van der Waals surface area contributed by atoms with Crippen LogP contribution >= 0.6 is 0 Å². The molecule has 0 amide bonds. The van der Waals surface area contributed by atoms with Gasteiger partial charge in [0.2, 0.25) is 0 Å². The summed E-state index contributed by atoms with van der Waals surface area (Å²) in [5.41, 5.74) is 3.97. The smallest absolute Gasteiger partial charge is 0.254 e. The number of nitrogens with zero attached hydrogens (tertiary/aromatic N) is 3. The molecule has 1 aromatic carbocycles. The van der Waals surface area contributed by atoms with Gasteiger partial charge >= 0.3 is 0 Å². The SMILES string of the molecule is COc1ccc(CN2CCCC3(CCc4c3nc(-c3cccnc3)[nH]c4=O)C2)cc1. The molecule has 1 spiro atoms. The molecule has 0 radical (unpaired) electrons. The third-order valence-corrected chi connectivity index (χ3v) is 6.53. The molecule has 1 saturated heterocycles. The van der Waals surface area contributed by atoms with Gasteiger partial charge in [0.05, 0.1) is 12.8 Å². The zero-order valence-corrected chi connectivity index (χ0v) is 17.2. The highest BCUT2D eigenvalue weighted by atomic mass is 16.5. The number of benzene rings is 1. The lowest BCUT2D eigenvalue weighted by molar-refractivity contribution is 0.137. The average molecular weight is 402 g/mol. The number of nitrogens with one attached hydrogen (secondary N) is 1. The van der Waals surface area contributed by atoms with E-state index in [1.54, 1.807) is 19.5 Å². The second kappa shape index (κ2) is 7.69. The molecule has 2 aromatic heterocycles. The Kier molecular flexibility index (Phi) is 4.87. The number of pyridine rings is 1. The van der Waals surface area contributed by atoms with Gasteiger partial charge in [-0.05, 0) is 62.1 Å². The van der Waals surface area contributed by atoms with Crippen LogP contribution in [0.15, 0.2) is 53.6 Å². The second-order valence-corrected chi connectivity index (χ2v) is 8.43. The summed E-state index contributed by atoms with van der Waals surface area (Å²) in [5, 5.41) is 0. The molecule has 1 N–H and O–H groups in total. The van der Waals surface area contributed by atoms with Gasteiger partial charge in [0.25, 0.3) is 5.56 Å². The van der Waals surface area contributed by atoms with Gasteiger partial charge in [-0.2, -0.15) is 0 Å². The number of piperidine rings is 1. The number of rotatable bonds is 4. The summed E-state index contributed by atoms with van der Waals surface area (Å²) in [4.78, 5) is 27.5. The minimum atomic E-state index is -0.0364. The van der Waals surface area contributed by atoms with Crippen LogP contribution in [0.3, 0.4) is 0 Å². The van der Waals surface area contributed by atoms with Crippen molar-refractivity contribution in [3.63, 3.8) is 0 Å². The van der Waals surface area contributed by atoms with E-state index in [1.165, 1.54) is 5.56 Å². The van der Waals surface area contributed by atoms with E-state index in [2.05, 4.69) is 27.0 Å². The number of methoxy groups -OCH3 is 1. The Morgan fingerprint density at radius 2 is 2.07 bits per heavy atom. The highest BCUT2D eigenvalue weighted by Gasteiger charge is 2.44. The lowest BCUT2D eigenvalue weighted by Crippen LogP contribution is -2.45. The van der Waals surface area contributed by atoms with E-state index in [1.807, 2.05) is 24.3 Å². The zero-order valence-electron chi connectivity index (χ0n) is 17.2. The summed E-state index contributed by atoms with van der Waals surface area (Å²) >= 11 is 0. The predicted octanol–water partition coefficient (Wildman–Crippen LogP) is 3.32. The number of aromatic nitrogens is 3. The molecule has 2 aliphatic rings. The fraction of sp³-hybridized carbons (Fsp3) is 0.375. The van der Waals surface area contributed by atoms with Crippen molar-refractivity contribution in [1.82, 2.24) is 19.9 Å². The molecule has 6 nitrogen and oxygen atoms in total. The van der Waals surface area contributed by atoms with Crippen molar-refractivity contribution in [3.05, 3.63) is 76.0 Å². The average Bonchev–Trinajstić information content (AvgIpc) is 3.13. The Morgan fingerprint density at radius 1 is 1.20 bits per heavy atom. The van der Waals surface area contributed by atoms with Crippen LogP contribution in [0.25, 0.3) is 11.4 Å². The number of hydrogen-bond donors (Lipinski definition) is 1. The van der Waals surface area contributed by atoms with Crippen LogP contribution in [0.2, 0.25) is 0 Å². The maximum absolute atomic E-state index is 12.8. The third-order valence-electron chi connectivity index (χ3n) is 6.53. The third kappa shape index (κ3) is 3.41. The zero-order chi connectivity index (χ0) is 20.6. The van der Waals surface area contributed by atoms with Gasteiger partial charge in [-0.1, -0.05) is 12.1 Å². The minimum absolute atomic E-state index is 0.00278. The van der Waals surface area contributed by atoms with Gasteiger partial charge in [-0.25, -0.2) is 4.98 Å². The number of aromatic amines is 1. The highest BCUT2D eigenvalue weighted by Crippen LogP contribution is 2.43. The summed E-state index contributed by atoms with van der Waals surface area (Å²) in [6, 6.07) is 12.1. The van der Waals surface area contributed by atoms with Crippen LogP contribution in [-0.4, -0.2) is 40.1 Å². The number of ether oxygens (including phenoxy) is 1. The van der Waals surface area contributed by atoms with Gasteiger partial charge in [-0.15, -0.1) is 0 Å². The molecule has 1 aliphatic carbocycles. The first-order valence-corrected chi connectivity index (χ1v) is 10.6. The lowest BCUT2D eigenvalue weighted by Gasteiger charge is -2.40. The molecule has 6 heteroatoms. The van der Waals surface area contributed by atoms with Crippen LogP contribution in [0.1, 0.15) is 36.1 Å². The number of hydrogen-bond acceptors (Lipinski definition) is 5. The summed E-state index contributed by atoms with van der Waals surface area (Å²) in [6.45, 7) is 2.91. The summed E-state index contributed by atoms with van der Waals surface area (Å²) < 4.78 is 5.27. The molecule has 30 heavy (non-hydrogen) atoms. The van der Waals surface area contributed by atoms with E-state index < -0.39 is 0 Å². The van der Waals surface area contributed by atoms with Gasteiger partial charge in [0.15, 0.2) is 0 Å². The molecule has 0 bridgehead atoms. The first-order valence-electron chi connectivity index (χ1n) is 10.6. The number of H-pyrrole nitrogens is 1. The molecule has 1 atom stereocenters. The van der Waals surface area contributed by atoms with E-state index in [4.69, 9.17) is 9.72 Å². The molecule has 3 aromatic rings. The standard InChI is InChI=1S/C24H26N4O2/c1-30-19-7-5-17(6-8-19)15-28-13-3-10-24(16-28)11-9-20-21(24)26-22(27-23(20)29)18-4-2-12-25-14-18/h2,4-8,12,14H,3,9-11,13,15-16H2,1H3,(H,26,27,29). The van der Waals surface area contributed by atoms with Gasteiger partial charge < -0.3 is 9.72 Å². The Bertz CT molecular complexity index is 1090. The second-order valence-electron chi connectivity index (χ2n) is 8.43. The Balaban J connectivity index is 1.44. The van der Waals surface area contributed by atoms with E-state index >= 15 is 0 Å². The quantitative estimate of drug-likeness (QED) is 0.725. The molecule has 154 valence electrons. The van der Waals surface area contributed by atoms with Crippen LogP contribution in [0.4, 0.5) is 0 Å². The van der Waals surface area contributed by atoms with Crippen molar-refractivity contribution in [2.75, 3.05) is 20.2 Å². The van der Waals surface area contributed by atoms with Crippen molar-refractivity contribution in [2.45, 2.75) is 37.6 Å². The summed E-state index contributed by atoms with van der Waals surface area (Å²) in [7, 11) is 1.69. The van der Waals surface area contributed by atoms with Gasteiger partial charge in [-0.3, -0.25) is 14.7 Å². The van der Waals surface area contributed by atoms with Crippen molar-refractivity contribution in [1.29, 1.82) is 0 Å². The first kappa shape index (κ1) is 19.0. The van der Waals surface area contributed by atoms with Crippen molar-refractivity contribution >= 4 is 0 Å². The number of fused-ring (bicyclic) bond motifs is 2. The predicted molar refractivity (Wildman–Crippen MR) is 116 cm³/mol. The van der Waals surface area contributed by atoms with E-state index in [0.717, 1.165) is 67.9 Å². The summed E-state index contributed by atoms with van der Waals surface area (Å²) in [6.07, 6.45) is 7.49. The molecular formula is C24H26N4O2. The molecule has 1 aliphatic heterocycles. The fourth-order valence-corrected chi connectivity index (χ4v) is 5.04.